The molecule has 8 heteroatoms. The van der Waals surface area contributed by atoms with Crippen LogP contribution >= 0.6 is 0 Å². The normalized spacial score (nSPS) is 14.5. The SMILES string of the molecule is Cn1cc(-c2cc(Oc3ccc4ncn(CC(=O)C5CCCCC5)c(=O)c4c3)ccn2)cn1. The van der Waals surface area contributed by atoms with Crippen molar-refractivity contribution in [1.29, 1.82) is 0 Å². The van der Waals surface area contributed by atoms with Crippen molar-refractivity contribution in [2.45, 2.75) is 38.6 Å². The van der Waals surface area contributed by atoms with E-state index >= 15 is 0 Å². The van der Waals surface area contributed by atoms with Gasteiger partial charge in [0.2, 0.25) is 0 Å². The topological polar surface area (TPSA) is 91.9 Å². The molecule has 0 amide bonds. The van der Waals surface area contributed by atoms with Gasteiger partial charge in [-0.25, -0.2) is 4.98 Å². The number of fused-ring (bicyclic) bond motifs is 1. The predicted molar refractivity (Wildman–Crippen MR) is 124 cm³/mol. The number of Topliss-reactive ketones (excluding diaryl/α,β-unsaturated/α-hetero) is 1. The van der Waals surface area contributed by atoms with Crippen LogP contribution in [-0.4, -0.2) is 30.1 Å². The van der Waals surface area contributed by atoms with Gasteiger partial charge in [0.05, 0.1) is 35.7 Å². The summed E-state index contributed by atoms with van der Waals surface area (Å²) in [4.78, 5) is 34.5. The summed E-state index contributed by atoms with van der Waals surface area (Å²) < 4.78 is 9.14. The molecule has 0 N–H and O–H groups in total. The van der Waals surface area contributed by atoms with Crippen molar-refractivity contribution in [1.82, 2.24) is 24.3 Å². The first-order chi connectivity index (χ1) is 16.1. The van der Waals surface area contributed by atoms with Crippen molar-refractivity contribution in [3.05, 3.63) is 65.6 Å². The van der Waals surface area contributed by atoms with Gasteiger partial charge in [-0.2, -0.15) is 5.10 Å². The van der Waals surface area contributed by atoms with E-state index in [1.165, 1.54) is 17.3 Å². The molecule has 1 saturated carbocycles. The highest BCUT2D eigenvalue weighted by atomic mass is 16.5. The van der Waals surface area contributed by atoms with Crippen molar-refractivity contribution in [3.8, 4) is 22.8 Å². The number of ether oxygens (including phenoxy) is 1. The fourth-order valence-electron chi connectivity index (χ4n) is 4.36. The van der Waals surface area contributed by atoms with Crippen molar-refractivity contribution in [3.63, 3.8) is 0 Å². The number of rotatable bonds is 6. The summed E-state index contributed by atoms with van der Waals surface area (Å²) in [6.07, 6.45) is 11.9. The maximum Gasteiger partial charge on any atom is 0.261 e. The third-order valence-electron chi connectivity index (χ3n) is 6.15. The van der Waals surface area contributed by atoms with E-state index < -0.39 is 0 Å². The molecule has 0 atom stereocenters. The first kappa shape index (κ1) is 21.1. The van der Waals surface area contributed by atoms with E-state index in [2.05, 4.69) is 15.1 Å². The molecule has 0 saturated heterocycles. The Morgan fingerprint density at radius 1 is 1.09 bits per heavy atom. The van der Waals surface area contributed by atoms with E-state index in [0.717, 1.165) is 36.9 Å². The zero-order valence-corrected chi connectivity index (χ0v) is 18.5. The summed E-state index contributed by atoms with van der Waals surface area (Å²) in [6, 6.07) is 8.79. The Hall–Kier alpha value is -3.81. The monoisotopic (exact) mass is 443 g/mol. The lowest BCUT2D eigenvalue weighted by atomic mass is 9.86. The van der Waals surface area contributed by atoms with Crippen molar-refractivity contribution >= 4 is 16.7 Å². The van der Waals surface area contributed by atoms with E-state index in [4.69, 9.17) is 4.74 Å². The van der Waals surface area contributed by atoms with Crippen LogP contribution in [0.15, 0.2) is 60.0 Å². The maximum absolute atomic E-state index is 13.1. The third-order valence-corrected chi connectivity index (χ3v) is 6.15. The smallest absolute Gasteiger partial charge is 0.261 e. The fraction of sp³-hybridized carbons (Fsp3) is 0.320. The number of nitrogens with zero attached hydrogens (tertiary/aromatic N) is 5. The Bertz CT molecular complexity index is 1370. The second-order valence-corrected chi connectivity index (χ2v) is 8.54. The van der Waals surface area contributed by atoms with Gasteiger partial charge in [0.1, 0.15) is 11.5 Å². The fourth-order valence-corrected chi connectivity index (χ4v) is 4.36. The van der Waals surface area contributed by atoms with Gasteiger partial charge < -0.3 is 4.74 Å². The second-order valence-electron chi connectivity index (χ2n) is 8.54. The summed E-state index contributed by atoms with van der Waals surface area (Å²) in [5, 5.41) is 4.60. The number of aryl methyl sites for hydroxylation is 1. The van der Waals surface area contributed by atoms with Gasteiger partial charge in [-0.1, -0.05) is 19.3 Å². The van der Waals surface area contributed by atoms with Crippen molar-refractivity contribution < 1.29 is 9.53 Å². The van der Waals surface area contributed by atoms with Crippen molar-refractivity contribution in [2.75, 3.05) is 0 Å². The highest BCUT2D eigenvalue weighted by Gasteiger charge is 2.21. The number of carbonyl (C=O) groups excluding carboxylic acids is 1. The van der Waals surface area contributed by atoms with Crippen LogP contribution < -0.4 is 10.3 Å². The standard InChI is InChI=1S/C25H25N5O3/c1-29-14-18(13-28-29)23-12-20(9-10-26-23)33-19-7-8-22-21(11-19)25(32)30(16-27-22)15-24(31)17-5-3-2-4-6-17/h7-14,16-17H,2-6,15H2,1H3. The molecule has 0 spiro atoms. The molecule has 3 heterocycles. The Labute approximate surface area is 190 Å². The minimum atomic E-state index is -0.236. The molecular weight excluding hydrogens is 418 g/mol. The molecule has 4 aromatic rings. The number of aromatic nitrogens is 5. The Morgan fingerprint density at radius 3 is 2.70 bits per heavy atom. The van der Waals surface area contributed by atoms with Crippen LogP contribution in [0.25, 0.3) is 22.2 Å². The lowest BCUT2D eigenvalue weighted by Crippen LogP contribution is -2.29. The molecule has 1 fully saturated rings. The summed E-state index contributed by atoms with van der Waals surface area (Å²) in [6.45, 7) is 0.0658. The van der Waals surface area contributed by atoms with Gasteiger partial charge in [-0.15, -0.1) is 0 Å². The van der Waals surface area contributed by atoms with Crippen LogP contribution in [0.3, 0.4) is 0 Å². The van der Waals surface area contributed by atoms with Gasteiger partial charge >= 0.3 is 0 Å². The largest absolute Gasteiger partial charge is 0.457 e. The first-order valence-electron chi connectivity index (χ1n) is 11.2. The number of carbonyl (C=O) groups is 1. The summed E-state index contributed by atoms with van der Waals surface area (Å²) in [5.74, 6) is 1.28. The number of hydrogen-bond acceptors (Lipinski definition) is 6. The van der Waals surface area contributed by atoms with Crippen LogP contribution in [0.5, 0.6) is 11.5 Å². The van der Waals surface area contributed by atoms with E-state index in [1.54, 1.807) is 41.3 Å². The van der Waals surface area contributed by atoms with Gasteiger partial charge in [-0.05, 0) is 37.1 Å². The zero-order valence-electron chi connectivity index (χ0n) is 18.5. The van der Waals surface area contributed by atoms with Gasteiger partial charge in [-0.3, -0.25) is 23.8 Å². The lowest BCUT2D eigenvalue weighted by molar-refractivity contribution is -0.124. The van der Waals surface area contributed by atoms with Crippen molar-refractivity contribution in [2.24, 2.45) is 13.0 Å². The molecule has 1 aliphatic rings. The van der Waals surface area contributed by atoms with E-state index in [9.17, 15) is 9.59 Å². The van der Waals surface area contributed by atoms with Crippen LogP contribution in [0.1, 0.15) is 32.1 Å². The predicted octanol–water partition coefficient (Wildman–Crippen LogP) is 4.13. The van der Waals surface area contributed by atoms with Crippen LogP contribution in [0.4, 0.5) is 0 Å². The molecule has 168 valence electrons. The number of benzene rings is 1. The number of ketones is 1. The Kier molecular flexibility index (Phi) is 5.73. The minimum Gasteiger partial charge on any atom is -0.457 e. The number of pyridine rings is 1. The van der Waals surface area contributed by atoms with Gasteiger partial charge in [0, 0.05) is 37.0 Å². The van der Waals surface area contributed by atoms with Gasteiger partial charge in [0.15, 0.2) is 5.78 Å². The molecule has 5 rings (SSSR count). The summed E-state index contributed by atoms with van der Waals surface area (Å²) in [7, 11) is 1.85. The van der Waals surface area contributed by atoms with E-state index in [-0.39, 0.29) is 23.8 Å². The van der Waals surface area contributed by atoms with E-state index in [0.29, 0.717) is 22.4 Å². The highest BCUT2D eigenvalue weighted by Crippen LogP contribution is 2.27. The maximum atomic E-state index is 13.1. The average molecular weight is 444 g/mol. The molecular formula is C25H25N5O3. The van der Waals surface area contributed by atoms with Crippen LogP contribution in [-0.2, 0) is 18.4 Å². The molecule has 8 nitrogen and oxygen atoms in total. The Balaban J connectivity index is 1.39. The molecule has 33 heavy (non-hydrogen) atoms. The summed E-state index contributed by atoms with van der Waals surface area (Å²) >= 11 is 0. The molecule has 0 radical (unpaired) electrons. The molecule has 0 unspecified atom stereocenters. The minimum absolute atomic E-state index is 0.0525. The molecule has 0 aliphatic heterocycles. The lowest BCUT2D eigenvalue weighted by Gasteiger charge is -2.20. The molecule has 0 bridgehead atoms. The van der Waals surface area contributed by atoms with Crippen LogP contribution in [0.2, 0.25) is 0 Å². The second kappa shape index (κ2) is 8.97. The zero-order chi connectivity index (χ0) is 22.8. The quantitative estimate of drug-likeness (QED) is 0.445. The molecule has 1 aliphatic carbocycles. The Morgan fingerprint density at radius 2 is 1.91 bits per heavy atom. The van der Waals surface area contributed by atoms with Crippen LogP contribution in [0, 0.1) is 5.92 Å². The highest BCUT2D eigenvalue weighted by molar-refractivity contribution is 5.82. The van der Waals surface area contributed by atoms with Gasteiger partial charge in [0.25, 0.3) is 5.56 Å². The first-order valence-corrected chi connectivity index (χ1v) is 11.2. The molecule has 1 aromatic carbocycles. The third kappa shape index (κ3) is 4.55. The average Bonchev–Trinajstić information content (AvgIpc) is 3.28. The van der Waals surface area contributed by atoms with E-state index in [1.807, 2.05) is 19.3 Å². The summed E-state index contributed by atoms with van der Waals surface area (Å²) in [5.41, 5.74) is 1.96. The number of hydrogen-bond donors (Lipinski definition) is 0. The molecule has 3 aromatic heterocycles.